The van der Waals surface area contributed by atoms with E-state index >= 15 is 0 Å². The van der Waals surface area contributed by atoms with Crippen molar-refractivity contribution in [2.45, 2.75) is 12.6 Å². The van der Waals surface area contributed by atoms with Gasteiger partial charge in [-0.05, 0) is 12.1 Å². The van der Waals surface area contributed by atoms with Gasteiger partial charge in [-0.15, -0.1) is 0 Å². The SMILES string of the molecule is O=C(O)c1cn(CC(O)CO)c2c(F)ccc(F)c2c1=O. The van der Waals surface area contributed by atoms with Crippen molar-refractivity contribution in [3.8, 4) is 0 Å². The molecule has 1 heterocycles. The maximum Gasteiger partial charge on any atom is 0.341 e. The largest absolute Gasteiger partial charge is 0.477 e. The Morgan fingerprint density at radius 2 is 1.90 bits per heavy atom. The molecule has 2 rings (SSSR count). The normalized spacial score (nSPS) is 12.6. The van der Waals surface area contributed by atoms with Gasteiger partial charge in [0.05, 0.1) is 30.2 Å². The molecule has 21 heavy (non-hydrogen) atoms. The Morgan fingerprint density at radius 3 is 2.48 bits per heavy atom. The molecule has 0 aliphatic rings. The van der Waals surface area contributed by atoms with Gasteiger partial charge in [0.15, 0.2) is 0 Å². The first kappa shape index (κ1) is 15.1. The molecule has 0 radical (unpaired) electrons. The maximum atomic E-state index is 13.9. The predicted molar refractivity (Wildman–Crippen MR) is 68.2 cm³/mol. The van der Waals surface area contributed by atoms with Gasteiger partial charge in [0.25, 0.3) is 0 Å². The molecule has 0 fully saturated rings. The Balaban J connectivity index is 2.89. The number of aliphatic hydroxyl groups excluding tert-OH is 2. The molecule has 3 N–H and O–H groups in total. The lowest BCUT2D eigenvalue weighted by atomic mass is 10.1. The van der Waals surface area contributed by atoms with Crippen LogP contribution in [-0.2, 0) is 6.54 Å². The molecule has 0 amide bonds. The van der Waals surface area contributed by atoms with Crippen molar-refractivity contribution in [2.75, 3.05) is 6.61 Å². The number of carboxylic acids is 1. The van der Waals surface area contributed by atoms with E-state index in [0.29, 0.717) is 0 Å². The summed E-state index contributed by atoms with van der Waals surface area (Å²) in [5, 5.41) is 26.5. The Morgan fingerprint density at radius 1 is 1.29 bits per heavy atom. The summed E-state index contributed by atoms with van der Waals surface area (Å²) in [7, 11) is 0. The van der Waals surface area contributed by atoms with Gasteiger partial charge in [-0.25, -0.2) is 13.6 Å². The fourth-order valence-electron chi connectivity index (χ4n) is 2.03. The van der Waals surface area contributed by atoms with Crippen molar-refractivity contribution >= 4 is 16.9 Å². The zero-order valence-corrected chi connectivity index (χ0v) is 10.6. The summed E-state index contributed by atoms with van der Waals surface area (Å²) in [6.07, 6.45) is -0.506. The minimum Gasteiger partial charge on any atom is -0.477 e. The van der Waals surface area contributed by atoms with E-state index in [4.69, 9.17) is 10.2 Å². The van der Waals surface area contributed by atoms with Crippen molar-refractivity contribution in [2.24, 2.45) is 0 Å². The van der Waals surface area contributed by atoms with Gasteiger partial charge in [-0.1, -0.05) is 0 Å². The third-order valence-corrected chi connectivity index (χ3v) is 2.97. The number of aliphatic hydroxyl groups is 2. The molecule has 1 atom stereocenters. The van der Waals surface area contributed by atoms with Crippen LogP contribution < -0.4 is 5.43 Å². The van der Waals surface area contributed by atoms with Crippen LogP contribution in [0.1, 0.15) is 10.4 Å². The van der Waals surface area contributed by atoms with E-state index in [1.54, 1.807) is 0 Å². The number of nitrogens with zero attached hydrogens (tertiary/aromatic N) is 1. The number of hydrogen-bond donors (Lipinski definition) is 3. The predicted octanol–water partition coefficient (Wildman–Crippen LogP) is 0.331. The number of carboxylic acid groups (broad SMARTS) is 1. The van der Waals surface area contributed by atoms with Crippen molar-refractivity contribution in [3.05, 3.63) is 45.8 Å². The molecular weight excluding hydrogens is 288 g/mol. The van der Waals surface area contributed by atoms with E-state index in [-0.39, 0.29) is 0 Å². The molecule has 112 valence electrons. The molecule has 0 aliphatic carbocycles. The van der Waals surface area contributed by atoms with Gasteiger partial charge in [0.1, 0.15) is 17.2 Å². The van der Waals surface area contributed by atoms with Crippen LogP contribution in [0.4, 0.5) is 8.78 Å². The lowest BCUT2D eigenvalue weighted by Crippen LogP contribution is -2.25. The highest BCUT2D eigenvalue weighted by atomic mass is 19.1. The van der Waals surface area contributed by atoms with Gasteiger partial charge in [-0.2, -0.15) is 0 Å². The van der Waals surface area contributed by atoms with Crippen LogP contribution in [0.25, 0.3) is 10.9 Å². The number of halogens is 2. The van der Waals surface area contributed by atoms with Crippen LogP contribution in [0.5, 0.6) is 0 Å². The van der Waals surface area contributed by atoms with E-state index in [0.717, 1.165) is 22.9 Å². The molecule has 0 saturated carbocycles. The molecule has 0 spiro atoms. The lowest BCUT2D eigenvalue weighted by Gasteiger charge is -2.15. The zero-order chi connectivity index (χ0) is 15.7. The van der Waals surface area contributed by atoms with Crippen LogP contribution in [0.3, 0.4) is 0 Å². The Labute approximate surface area is 116 Å². The highest BCUT2D eigenvalue weighted by Crippen LogP contribution is 2.19. The standard InChI is InChI=1S/C13H11F2NO5/c14-8-1-2-9(15)11-10(8)12(19)7(13(20)21)4-16(11)3-6(18)5-17/h1-2,4,6,17-18H,3,5H2,(H,20,21). The lowest BCUT2D eigenvalue weighted by molar-refractivity contribution is 0.0691. The van der Waals surface area contributed by atoms with Crippen LogP contribution in [0, 0.1) is 11.6 Å². The van der Waals surface area contributed by atoms with Crippen LogP contribution in [-0.4, -0.2) is 38.6 Å². The molecule has 1 unspecified atom stereocenters. The van der Waals surface area contributed by atoms with Crippen LogP contribution in [0.2, 0.25) is 0 Å². The number of rotatable bonds is 4. The average molecular weight is 299 g/mol. The number of hydrogen-bond acceptors (Lipinski definition) is 4. The Bertz CT molecular complexity index is 771. The third-order valence-electron chi connectivity index (χ3n) is 2.97. The molecule has 0 aliphatic heterocycles. The number of benzene rings is 1. The number of carbonyl (C=O) groups is 1. The van der Waals surface area contributed by atoms with E-state index in [1.807, 2.05) is 0 Å². The van der Waals surface area contributed by atoms with Crippen molar-refractivity contribution in [1.82, 2.24) is 4.57 Å². The summed E-state index contributed by atoms with van der Waals surface area (Å²) in [6.45, 7) is -1.05. The summed E-state index contributed by atoms with van der Waals surface area (Å²) in [5.74, 6) is -3.60. The summed E-state index contributed by atoms with van der Waals surface area (Å²) in [6, 6.07) is 1.51. The molecule has 6 nitrogen and oxygen atoms in total. The summed E-state index contributed by atoms with van der Waals surface area (Å²) < 4.78 is 28.6. The molecular formula is C13H11F2NO5. The summed E-state index contributed by atoms with van der Waals surface area (Å²) >= 11 is 0. The first-order chi connectivity index (χ1) is 9.86. The van der Waals surface area contributed by atoms with Gasteiger partial charge < -0.3 is 19.9 Å². The third kappa shape index (κ3) is 2.63. The summed E-state index contributed by atoms with van der Waals surface area (Å²) in [5.41, 5.74) is -2.36. The van der Waals surface area contributed by atoms with E-state index < -0.39 is 58.8 Å². The van der Waals surface area contributed by atoms with E-state index in [1.165, 1.54) is 0 Å². The number of aromatic carboxylic acids is 1. The molecule has 1 aromatic heterocycles. The Kier molecular flexibility index (Phi) is 4.01. The minimum absolute atomic E-state index is 0.395. The Hall–Kier alpha value is -2.32. The molecule has 0 saturated heterocycles. The summed E-state index contributed by atoms with van der Waals surface area (Å²) in [4.78, 5) is 23.0. The molecule has 2 aromatic rings. The highest BCUT2D eigenvalue weighted by molar-refractivity contribution is 5.92. The highest BCUT2D eigenvalue weighted by Gasteiger charge is 2.20. The fraction of sp³-hybridized carbons (Fsp3) is 0.231. The number of fused-ring (bicyclic) bond motifs is 1. The van der Waals surface area contributed by atoms with Crippen molar-refractivity contribution in [3.63, 3.8) is 0 Å². The topological polar surface area (TPSA) is 99.8 Å². The second kappa shape index (κ2) is 5.58. The average Bonchev–Trinajstić information content (AvgIpc) is 2.44. The fourth-order valence-corrected chi connectivity index (χ4v) is 2.03. The minimum atomic E-state index is -1.60. The van der Waals surface area contributed by atoms with Gasteiger partial charge >= 0.3 is 5.97 Å². The van der Waals surface area contributed by atoms with Gasteiger partial charge in [0, 0.05) is 6.20 Å². The molecule has 1 aromatic carbocycles. The zero-order valence-electron chi connectivity index (χ0n) is 10.6. The maximum absolute atomic E-state index is 13.9. The molecule has 8 heteroatoms. The monoisotopic (exact) mass is 299 g/mol. The molecule has 0 bridgehead atoms. The van der Waals surface area contributed by atoms with Crippen molar-refractivity contribution < 1.29 is 28.9 Å². The van der Waals surface area contributed by atoms with Crippen molar-refractivity contribution in [1.29, 1.82) is 0 Å². The number of pyridine rings is 1. The second-order valence-electron chi connectivity index (χ2n) is 4.42. The van der Waals surface area contributed by atoms with E-state index in [9.17, 15) is 23.5 Å². The first-order valence-electron chi connectivity index (χ1n) is 5.90. The van der Waals surface area contributed by atoms with Crippen LogP contribution in [0.15, 0.2) is 23.1 Å². The van der Waals surface area contributed by atoms with E-state index in [2.05, 4.69) is 0 Å². The second-order valence-corrected chi connectivity index (χ2v) is 4.42. The van der Waals surface area contributed by atoms with Gasteiger partial charge in [0.2, 0.25) is 5.43 Å². The quantitative estimate of drug-likeness (QED) is 0.755. The van der Waals surface area contributed by atoms with Gasteiger partial charge in [-0.3, -0.25) is 4.79 Å². The smallest absolute Gasteiger partial charge is 0.341 e. The van der Waals surface area contributed by atoms with Crippen LogP contribution >= 0.6 is 0 Å². The number of aromatic nitrogens is 1. The first-order valence-corrected chi connectivity index (χ1v) is 5.90.